The van der Waals surface area contributed by atoms with Crippen molar-refractivity contribution in [2.24, 2.45) is 0 Å². The zero-order valence-electron chi connectivity index (χ0n) is 16.6. The lowest BCUT2D eigenvalue weighted by molar-refractivity contribution is -0.116. The molecule has 0 aromatic heterocycles. The van der Waals surface area contributed by atoms with Crippen LogP contribution in [0.5, 0.6) is 11.5 Å². The third kappa shape index (κ3) is 4.32. The summed E-state index contributed by atoms with van der Waals surface area (Å²) in [4.78, 5) is 17.4. The first-order valence-corrected chi connectivity index (χ1v) is 10.5. The summed E-state index contributed by atoms with van der Waals surface area (Å²) >= 11 is 0. The second kappa shape index (κ2) is 7.95. The number of anilines is 2. The van der Waals surface area contributed by atoms with E-state index in [1.165, 1.54) is 18.5 Å². The number of carbonyl (C=O) groups excluding carboxylic acids is 1. The lowest BCUT2D eigenvalue weighted by Gasteiger charge is -2.36. The van der Waals surface area contributed by atoms with E-state index in [2.05, 4.69) is 27.2 Å². The number of ether oxygens (including phenoxy) is 2. The Balaban J connectivity index is 1.10. The zero-order chi connectivity index (χ0) is 19.6. The summed E-state index contributed by atoms with van der Waals surface area (Å²) in [6, 6.07) is 14.9. The second-order valence-corrected chi connectivity index (χ2v) is 8.04. The van der Waals surface area contributed by atoms with E-state index in [-0.39, 0.29) is 12.7 Å². The lowest BCUT2D eigenvalue weighted by Crippen LogP contribution is -2.47. The highest BCUT2D eigenvalue weighted by atomic mass is 16.7. The molecule has 2 heterocycles. The smallest absolute Gasteiger partial charge is 0.231 e. The van der Waals surface area contributed by atoms with Crippen molar-refractivity contribution < 1.29 is 14.3 Å². The molecule has 3 aliphatic rings. The quantitative estimate of drug-likeness (QED) is 0.816. The van der Waals surface area contributed by atoms with E-state index in [9.17, 15) is 4.79 Å². The maximum Gasteiger partial charge on any atom is 0.231 e. The van der Waals surface area contributed by atoms with Gasteiger partial charge < -0.3 is 19.7 Å². The molecular formula is C23H27N3O3. The van der Waals surface area contributed by atoms with Crippen molar-refractivity contribution in [1.29, 1.82) is 0 Å². The van der Waals surface area contributed by atoms with Crippen LogP contribution >= 0.6 is 0 Å². The van der Waals surface area contributed by atoms with E-state index in [0.717, 1.165) is 55.0 Å². The number of benzene rings is 2. The minimum atomic E-state index is 0.0217. The maximum absolute atomic E-state index is 12.3. The molecule has 29 heavy (non-hydrogen) atoms. The first-order valence-electron chi connectivity index (χ1n) is 10.5. The fourth-order valence-corrected chi connectivity index (χ4v) is 4.12. The van der Waals surface area contributed by atoms with E-state index < -0.39 is 0 Å². The van der Waals surface area contributed by atoms with Crippen molar-refractivity contribution >= 4 is 17.3 Å². The van der Waals surface area contributed by atoms with Crippen LogP contribution in [0.3, 0.4) is 0 Å². The van der Waals surface area contributed by atoms with Gasteiger partial charge in [0.2, 0.25) is 12.7 Å². The van der Waals surface area contributed by atoms with Crippen LogP contribution in [0.15, 0.2) is 42.5 Å². The molecular weight excluding hydrogens is 366 g/mol. The van der Waals surface area contributed by atoms with Gasteiger partial charge in [0.25, 0.3) is 0 Å². The van der Waals surface area contributed by atoms with Crippen LogP contribution < -0.4 is 19.7 Å². The molecule has 2 fully saturated rings. The summed E-state index contributed by atoms with van der Waals surface area (Å²) in [6.45, 7) is 4.74. The van der Waals surface area contributed by atoms with Crippen LogP contribution in [0, 0.1) is 0 Å². The Morgan fingerprint density at radius 1 is 0.966 bits per heavy atom. The molecule has 0 radical (unpaired) electrons. The topological polar surface area (TPSA) is 54.0 Å². The number of piperazine rings is 1. The van der Waals surface area contributed by atoms with Gasteiger partial charge in [0.1, 0.15) is 0 Å². The van der Waals surface area contributed by atoms with Gasteiger partial charge in [-0.1, -0.05) is 6.07 Å². The van der Waals surface area contributed by atoms with Gasteiger partial charge in [0, 0.05) is 50.0 Å². The highest BCUT2D eigenvalue weighted by Gasteiger charge is 2.31. The minimum Gasteiger partial charge on any atom is -0.454 e. The van der Waals surface area contributed by atoms with Crippen molar-refractivity contribution in [3.8, 4) is 11.5 Å². The molecule has 6 nitrogen and oxygen atoms in total. The molecule has 2 aromatic rings. The van der Waals surface area contributed by atoms with Gasteiger partial charge in [0.05, 0.1) is 0 Å². The molecule has 1 amide bonds. The van der Waals surface area contributed by atoms with Crippen molar-refractivity contribution in [1.82, 2.24) is 4.90 Å². The lowest BCUT2D eigenvalue weighted by atomic mass is 10.1. The number of amides is 1. The number of carbonyl (C=O) groups is 1. The maximum atomic E-state index is 12.3. The summed E-state index contributed by atoms with van der Waals surface area (Å²) in [5, 5.41) is 3.00. The number of fused-ring (bicyclic) bond motifs is 1. The monoisotopic (exact) mass is 393 g/mol. The van der Waals surface area contributed by atoms with Gasteiger partial charge in [-0.25, -0.2) is 0 Å². The van der Waals surface area contributed by atoms with Gasteiger partial charge in [-0.2, -0.15) is 0 Å². The number of nitrogens with one attached hydrogen (secondary N) is 1. The number of rotatable bonds is 6. The standard InChI is InChI=1S/C23H27N3O3/c27-23(10-2-17-1-9-21-22(15-17)29-16-28-21)24-18-3-5-19(6-4-18)25-11-13-26(14-12-25)20-7-8-20/h1,3-6,9,15,20H,2,7-8,10-14,16H2,(H,24,27). The molecule has 1 saturated carbocycles. The summed E-state index contributed by atoms with van der Waals surface area (Å²) < 4.78 is 10.7. The summed E-state index contributed by atoms with van der Waals surface area (Å²) in [5.74, 6) is 1.55. The largest absolute Gasteiger partial charge is 0.454 e. The Bertz CT molecular complexity index is 871. The Hall–Kier alpha value is -2.73. The Morgan fingerprint density at radius 3 is 2.48 bits per heavy atom. The average Bonchev–Trinajstić information content (AvgIpc) is 3.50. The molecule has 152 valence electrons. The number of hydrogen-bond donors (Lipinski definition) is 1. The van der Waals surface area contributed by atoms with Crippen molar-refractivity contribution in [3.05, 3.63) is 48.0 Å². The van der Waals surface area contributed by atoms with Crippen molar-refractivity contribution in [2.75, 3.05) is 43.2 Å². The molecule has 2 aliphatic heterocycles. The molecule has 0 bridgehead atoms. The summed E-state index contributed by atoms with van der Waals surface area (Å²) in [6.07, 6.45) is 3.86. The predicted octanol–water partition coefficient (Wildman–Crippen LogP) is 3.27. The number of aryl methyl sites for hydroxylation is 1. The molecule has 0 atom stereocenters. The van der Waals surface area contributed by atoms with Gasteiger partial charge in [0.15, 0.2) is 11.5 Å². The zero-order valence-corrected chi connectivity index (χ0v) is 16.6. The Morgan fingerprint density at radius 2 is 1.72 bits per heavy atom. The van der Waals surface area contributed by atoms with E-state index in [4.69, 9.17) is 9.47 Å². The van der Waals surface area contributed by atoms with Crippen LogP contribution in [0.1, 0.15) is 24.8 Å². The first-order chi connectivity index (χ1) is 14.2. The molecule has 6 heteroatoms. The van der Waals surface area contributed by atoms with Crippen LogP contribution in [-0.4, -0.2) is 49.8 Å². The van der Waals surface area contributed by atoms with E-state index in [0.29, 0.717) is 12.8 Å². The number of hydrogen-bond acceptors (Lipinski definition) is 5. The van der Waals surface area contributed by atoms with Crippen LogP contribution in [0.4, 0.5) is 11.4 Å². The van der Waals surface area contributed by atoms with E-state index in [1.54, 1.807) is 0 Å². The highest BCUT2D eigenvalue weighted by molar-refractivity contribution is 5.91. The van der Waals surface area contributed by atoms with Gasteiger partial charge in [-0.05, 0) is 61.2 Å². The van der Waals surface area contributed by atoms with Crippen LogP contribution in [0.25, 0.3) is 0 Å². The Kier molecular flexibility index (Phi) is 5.02. The normalized spacial score (nSPS) is 18.7. The van der Waals surface area contributed by atoms with Crippen molar-refractivity contribution in [2.45, 2.75) is 31.7 Å². The third-order valence-corrected chi connectivity index (χ3v) is 5.97. The fourth-order valence-electron chi connectivity index (χ4n) is 4.12. The fraction of sp³-hybridized carbons (Fsp3) is 0.435. The van der Waals surface area contributed by atoms with Gasteiger partial charge in [-0.15, -0.1) is 0 Å². The van der Waals surface area contributed by atoms with Crippen molar-refractivity contribution in [3.63, 3.8) is 0 Å². The van der Waals surface area contributed by atoms with E-state index >= 15 is 0 Å². The molecule has 1 saturated heterocycles. The summed E-state index contributed by atoms with van der Waals surface area (Å²) in [5.41, 5.74) is 3.16. The molecule has 0 unspecified atom stereocenters. The number of nitrogens with zero attached hydrogens (tertiary/aromatic N) is 2. The molecule has 1 aliphatic carbocycles. The molecule has 2 aromatic carbocycles. The predicted molar refractivity (Wildman–Crippen MR) is 113 cm³/mol. The summed E-state index contributed by atoms with van der Waals surface area (Å²) in [7, 11) is 0. The Labute approximate surface area is 171 Å². The highest BCUT2D eigenvalue weighted by Crippen LogP contribution is 2.33. The third-order valence-electron chi connectivity index (χ3n) is 5.97. The molecule has 1 N–H and O–H groups in total. The minimum absolute atomic E-state index is 0.0217. The van der Waals surface area contributed by atoms with Gasteiger partial charge in [-0.3, -0.25) is 9.69 Å². The second-order valence-electron chi connectivity index (χ2n) is 8.04. The first kappa shape index (κ1) is 18.3. The molecule has 0 spiro atoms. The SMILES string of the molecule is O=C(CCc1ccc2c(c1)OCO2)Nc1ccc(N2CCN(C3CC3)CC2)cc1. The van der Waals surface area contributed by atoms with Crippen LogP contribution in [0.2, 0.25) is 0 Å². The van der Waals surface area contributed by atoms with Gasteiger partial charge >= 0.3 is 0 Å². The average molecular weight is 393 g/mol. The van der Waals surface area contributed by atoms with Crippen LogP contribution in [-0.2, 0) is 11.2 Å². The van der Waals surface area contributed by atoms with E-state index in [1.807, 2.05) is 30.3 Å². The molecule has 5 rings (SSSR count).